The number of aliphatic carboxylic acids is 1. The van der Waals surface area contributed by atoms with Crippen LogP contribution in [0.25, 0.3) is 6.08 Å². The van der Waals surface area contributed by atoms with E-state index in [9.17, 15) is 4.79 Å². The van der Waals surface area contributed by atoms with E-state index in [1.54, 1.807) is 6.08 Å². The zero-order valence-electron chi connectivity index (χ0n) is 10.5. The topological polar surface area (TPSA) is 49.3 Å². The molecule has 3 nitrogen and oxygen atoms in total. The van der Waals surface area contributed by atoms with Gasteiger partial charge in [-0.2, -0.15) is 0 Å². The lowest BCUT2D eigenvalue weighted by Gasteiger charge is -2.24. The Morgan fingerprint density at radius 1 is 1.29 bits per heavy atom. The van der Waals surface area contributed by atoms with E-state index >= 15 is 0 Å². The lowest BCUT2D eigenvalue weighted by Crippen LogP contribution is -2.46. The van der Waals surface area contributed by atoms with Gasteiger partial charge in [-0.15, -0.1) is 0 Å². The first-order valence-corrected chi connectivity index (χ1v) is 5.62. The van der Waals surface area contributed by atoms with Crippen LogP contribution in [-0.2, 0) is 4.79 Å². The van der Waals surface area contributed by atoms with Crippen molar-refractivity contribution in [3.05, 3.63) is 42.0 Å². The average molecular weight is 233 g/mol. The Labute approximate surface area is 102 Å². The van der Waals surface area contributed by atoms with Gasteiger partial charge in [-0.3, -0.25) is 10.1 Å². The monoisotopic (exact) mass is 233 g/mol. The van der Waals surface area contributed by atoms with Crippen LogP contribution < -0.4 is 5.32 Å². The van der Waals surface area contributed by atoms with Crippen molar-refractivity contribution in [1.29, 1.82) is 0 Å². The van der Waals surface area contributed by atoms with Gasteiger partial charge in [0.15, 0.2) is 0 Å². The summed E-state index contributed by atoms with van der Waals surface area (Å²) >= 11 is 0. The predicted octanol–water partition coefficient (Wildman–Crippen LogP) is 2.54. The first-order chi connectivity index (χ1) is 7.88. The number of hydrogen-bond acceptors (Lipinski definition) is 2. The van der Waals surface area contributed by atoms with Crippen molar-refractivity contribution in [3.8, 4) is 0 Å². The lowest BCUT2D eigenvalue weighted by molar-refractivity contribution is -0.138. The molecule has 1 aromatic rings. The van der Waals surface area contributed by atoms with Crippen LogP contribution in [0.1, 0.15) is 26.3 Å². The highest BCUT2D eigenvalue weighted by molar-refractivity contribution is 5.77. The number of rotatable bonds is 4. The molecule has 1 atom stereocenters. The minimum atomic E-state index is -0.868. The minimum absolute atomic E-state index is 0.232. The number of carbonyl (C=O) groups is 1. The Bertz CT molecular complexity index is 390. The molecule has 0 aliphatic carbocycles. The Morgan fingerprint density at radius 2 is 1.88 bits per heavy atom. The first-order valence-electron chi connectivity index (χ1n) is 5.62. The predicted molar refractivity (Wildman–Crippen MR) is 69.8 cm³/mol. The van der Waals surface area contributed by atoms with Crippen molar-refractivity contribution < 1.29 is 9.90 Å². The van der Waals surface area contributed by atoms with Crippen LogP contribution >= 0.6 is 0 Å². The molecule has 1 rings (SSSR count). The Morgan fingerprint density at radius 3 is 2.35 bits per heavy atom. The highest BCUT2D eigenvalue weighted by atomic mass is 16.4. The van der Waals surface area contributed by atoms with Crippen LogP contribution in [0.15, 0.2) is 36.4 Å². The molecule has 17 heavy (non-hydrogen) atoms. The summed E-state index contributed by atoms with van der Waals surface area (Å²) in [5.41, 5.74) is 0.763. The second-order valence-electron chi connectivity index (χ2n) is 4.98. The van der Waals surface area contributed by atoms with Gasteiger partial charge in [0.2, 0.25) is 0 Å². The fraction of sp³-hybridized carbons (Fsp3) is 0.357. The van der Waals surface area contributed by atoms with E-state index in [4.69, 9.17) is 5.11 Å². The molecule has 0 aromatic heterocycles. The number of hydrogen-bond donors (Lipinski definition) is 2. The third-order valence-electron chi connectivity index (χ3n) is 2.14. The van der Waals surface area contributed by atoms with Gasteiger partial charge in [-0.1, -0.05) is 42.5 Å². The van der Waals surface area contributed by atoms with Gasteiger partial charge in [0.05, 0.1) is 0 Å². The van der Waals surface area contributed by atoms with E-state index < -0.39 is 12.0 Å². The van der Waals surface area contributed by atoms with E-state index in [0.29, 0.717) is 0 Å². The molecule has 92 valence electrons. The largest absolute Gasteiger partial charge is 0.480 e. The third kappa shape index (κ3) is 5.31. The number of benzene rings is 1. The van der Waals surface area contributed by atoms with E-state index in [0.717, 1.165) is 5.56 Å². The van der Waals surface area contributed by atoms with Crippen molar-refractivity contribution in [2.45, 2.75) is 32.4 Å². The summed E-state index contributed by atoms with van der Waals surface area (Å²) in [6.07, 6.45) is 3.49. The molecule has 0 bridgehead atoms. The van der Waals surface area contributed by atoms with Gasteiger partial charge in [0.25, 0.3) is 0 Å². The normalized spacial score (nSPS) is 13.8. The third-order valence-corrected chi connectivity index (χ3v) is 2.14. The molecule has 0 aliphatic rings. The van der Waals surface area contributed by atoms with E-state index in [-0.39, 0.29) is 5.54 Å². The molecule has 0 saturated carbocycles. The van der Waals surface area contributed by atoms with Gasteiger partial charge >= 0.3 is 5.97 Å². The van der Waals surface area contributed by atoms with Crippen LogP contribution in [-0.4, -0.2) is 22.7 Å². The Kier molecular flexibility index (Phi) is 4.46. The van der Waals surface area contributed by atoms with Crippen molar-refractivity contribution in [2.24, 2.45) is 0 Å². The van der Waals surface area contributed by atoms with Gasteiger partial charge in [-0.25, -0.2) is 0 Å². The maximum absolute atomic E-state index is 11.1. The number of nitrogens with one attached hydrogen (secondary N) is 1. The number of carboxylic acid groups (broad SMARTS) is 1. The standard InChI is InChI=1S/C14H19NO2/c1-14(2,3)15-12(13(16)17)10-9-11-7-5-4-6-8-11/h4-10,12,15H,1-3H3,(H,16,17). The molecule has 0 spiro atoms. The van der Waals surface area contributed by atoms with Crippen LogP contribution in [0, 0.1) is 0 Å². The minimum Gasteiger partial charge on any atom is -0.480 e. The Hall–Kier alpha value is -1.61. The Balaban J connectivity index is 2.74. The van der Waals surface area contributed by atoms with E-state index in [2.05, 4.69) is 5.32 Å². The molecule has 0 heterocycles. The smallest absolute Gasteiger partial charge is 0.324 e. The van der Waals surface area contributed by atoms with Crippen LogP contribution in [0.4, 0.5) is 0 Å². The van der Waals surface area contributed by atoms with Crippen molar-refractivity contribution in [3.63, 3.8) is 0 Å². The highest BCUT2D eigenvalue weighted by Crippen LogP contribution is 2.06. The zero-order chi connectivity index (χ0) is 12.9. The summed E-state index contributed by atoms with van der Waals surface area (Å²) < 4.78 is 0. The summed E-state index contributed by atoms with van der Waals surface area (Å²) in [5.74, 6) is -0.868. The van der Waals surface area contributed by atoms with Crippen LogP contribution in [0.5, 0.6) is 0 Å². The molecular formula is C14H19NO2. The van der Waals surface area contributed by atoms with Gasteiger partial charge in [0.1, 0.15) is 6.04 Å². The molecule has 1 aromatic carbocycles. The molecular weight excluding hydrogens is 214 g/mol. The quantitative estimate of drug-likeness (QED) is 0.840. The van der Waals surface area contributed by atoms with Crippen molar-refractivity contribution >= 4 is 12.0 Å². The summed E-state index contributed by atoms with van der Waals surface area (Å²) in [5, 5.41) is 12.1. The molecule has 0 aliphatic heterocycles. The second-order valence-corrected chi connectivity index (χ2v) is 4.98. The van der Waals surface area contributed by atoms with E-state index in [1.165, 1.54) is 0 Å². The van der Waals surface area contributed by atoms with Crippen molar-refractivity contribution in [1.82, 2.24) is 5.32 Å². The fourth-order valence-electron chi connectivity index (χ4n) is 1.43. The summed E-state index contributed by atoms with van der Waals surface area (Å²) in [6.45, 7) is 5.83. The maximum atomic E-state index is 11.1. The molecule has 3 heteroatoms. The highest BCUT2D eigenvalue weighted by Gasteiger charge is 2.20. The molecule has 0 saturated heterocycles. The maximum Gasteiger partial charge on any atom is 0.324 e. The molecule has 1 unspecified atom stereocenters. The molecule has 0 amide bonds. The van der Waals surface area contributed by atoms with Gasteiger partial charge < -0.3 is 5.11 Å². The summed E-state index contributed by atoms with van der Waals surface area (Å²) in [4.78, 5) is 11.1. The summed E-state index contributed by atoms with van der Waals surface area (Å²) in [7, 11) is 0. The van der Waals surface area contributed by atoms with Crippen molar-refractivity contribution in [2.75, 3.05) is 0 Å². The first kappa shape index (κ1) is 13.5. The number of carboxylic acids is 1. The molecule has 2 N–H and O–H groups in total. The molecule has 0 radical (unpaired) electrons. The van der Waals surface area contributed by atoms with Gasteiger partial charge in [0, 0.05) is 5.54 Å². The molecule has 0 fully saturated rings. The van der Waals surface area contributed by atoms with Gasteiger partial charge in [-0.05, 0) is 26.3 Å². The van der Waals surface area contributed by atoms with E-state index in [1.807, 2.05) is 57.2 Å². The second kappa shape index (κ2) is 5.64. The lowest BCUT2D eigenvalue weighted by atomic mass is 10.1. The SMILES string of the molecule is CC(C)(C)NC(C=Cc1ccccc1)C(=O)O. The fourth-order valence-corrected chi connectivity index (χ4v) is 1.43. The van der Waals surface area contributed by atoms with Crippen LogP contribution in [0.3, 0.4) is 0 Å². The van der Waals surface area contributed by atoms with Crippen LogP contribution in [0.2, 0.25) is 0 Å². The average Bonchev–Trinajstić information content (AvgIpc) is 2.24. The zero-order valence-corrected chi connectivity index (χ0v) is 10.5. The summed E-state index contributed by atoms with van der Waals surface area (Å²) in [6, 6.07) is 8.98.